The molecule has 1 aliphatic rings. The second kappa shape index (κ2) is 8.92. The largest absolute Gasteiger partial charge is 0.485 e. The lowest BCUT2D eigenvalue weighted by Crippen LogP contribution is -2.43. The van der Waals surface area contributed by atoms with Gasteiger partial charge in [0.15, 0.2) is 5.82 Å². The Balaban J connectivity index is 1.62. The summed E-state index contributed by atoms with van der Waals surface area (Å²) in [5.74, 6) is -1.34. The van der Waals surface area contributed by atoms with E-state index in [-0.39, 0.29) is 35.0 Å². The number of ether oxygens (including phenoxy) is 1. The zero-order valence-corrected chi connectivity index (χ0v) is 18.9. The lowest BCUT2D eigenvalue weighted by molar-refractivity contribution is -0.199. The summed E-state index contributed by atoms with van der Waals surface area (Å²) in [7, 11) is 0. The number of aromatic nitrogens is 3. The molecule has 4 rings (SSSR count). The van der Waals surface area contributed by atoms with E-state index in [4.69, 9.17) is 4.74 Å². The highest BCUT2D eigenvalue weighted by atomic mass is 32.1. The molecule has 1 aromatic carbocycles. The molecule has 2 aromatic heterocycles. The molecule has 0 amide bonds. The van der Waals surface area contributed by atoms with Crippen LogP contribution in [-0.2, 0) is 5.41 Å². The van der Waals surface area contributed by atoms with Crippen LogP contribution in [0, 0.1) is 12.7 Å². The molecule has 1 fully saturated rings. The summed E-state index contributed by atoms with van der Waals surface area (Å²) >= 11 is 1.04. The zero-order valence-electron chi connectivity index (χ0n) is 18.1. The third kappa shape index (κ3) is 4.42. The summed E-state index contributed by atoms with van der Waals surface area (Å²) in [5, 5.41) is 3.55. The first kappa shape index (κ1) is 23.5. The molecule has 11 heteroatoms. The van der Waals surface area contributed by atoms with Gasteiger partial charge in [-0.3, -0.25) is 9.51 Å². The lowest BCUT2D eigenvalue weighted by atomic mass is 9.74. The number of aromatic amines is 1. The van der Waals surface area contributed by atoms with Gasteiger partial charge in [-0.1, -0.05) is 31.3 Å². The van der Waals surface area contributed by atoms with E-state index in [1.807, 2.05) is 6.92 Å². The van der Waals surface area contributed by atoms with Crippen molar-refractivity contribution in [3.8, 4) is 17.1 Å². The minimum Gasteiger partial charge on any atom is -0.485 e. The van der Waals surface area contributed by atoms with Gasteiger partial charge in [-0.15, -0.1) is 11.3 Å². The number of thiazole rings is 1. The maximum atomic E-state index is 14.6. The van der Waals surface area contributed by atoms with Crippen LogP contribution in [0.3, 0.4) is 0 Å². The Labute approximate surface area is 191 Å². The number of H-pyrrole nitrogens is 1. The standard InChI is InChI=1S/C22H23F4N3O3S/c1-3-16(31-13-7-8-14(15(23)11-13)18-28-20(30)32-29-18)17-12(2)27-19(33-17)21(22(24,25)26)9-5-4-6-10-21/h7-8,11,16H,3-6,9-10H2,1-2H3,(H,28,29,30). The second-order valence-corrected chi connectivity index (χ2v) is 9.24. The molecule has 0 aliphatic heterocycles. The highest BCUT2D eigenvalue weighted by Crippen LogP contribution is 2.52. The van der Waals surface area contributed by atoms with Gasteiger partial charge in [0.2, 0.25) is 0 Å². The first-order valence-electron chi connectivity index (χ1n) is 10.7. The van der Waals surface area contributed by atoms with Gasteiger partial charge in [0.1, 0.15) is 28.1 Å². The smallest absolute Gasteiger partial charge is 0.439 e. The Morgan fingerprint density at radius 1 is 1.27 bits per heavy atom. The number of hydrogen-bond acceptors (Lipinski definition) is 6. The van der Waals surface area contributed by atoms with Crippen molar-refractivity contribution in [2.75, 3.05) is 0 Å². The molecule has 1 unspecified atom stereocenters. The summed E-state index contributed by atoms with van der Waals surface area (Å²) in [6.45, 7) is 3.52. The molecule has 1 atom stereocenters. The summed E-state index contributed by atoms with van der Waals surface area (Å²) in [6.07, 6.45) is -2.59. The van der Waals surface area contributed by atoms with E-state index in [0.29, 0.717) is 29.8 Å². The van der Waals surface area contributed by atoms with Gasteiger partial charge in [0, 0.05) is 6.07 Å². The van der Waals surface area contributed by atoms with E-state index < -0.39 is 29.3 Å². The highest BCUT2D eigenvalue weighted by Gasteiger charge is 2.57. The molecule has 1 N–H and O–H groups in total. The van der Waals surface area contributed by atoms with Crippen LogP contribution in [0.4, 0.5) is 17.6 Å². The molecule has 0 bridgehead atoms. The Bertz CT molecular complexity index is 1180. The van der Waals surface area contributed by atoms with E-state index in [1.54, 1.807) is 6.92 Å². The van der Waals surface area contributed by atoms with Gasteiger partial charge in [-0.25, -0.2) is 14.2 Å². The number of alkyl halides is 3. The van der Waals surface area contributed by atoms with E-state index in [0.717, 1.165) is 23.8 Å². The quantitative estimate of drug-likeness (QED) is 0.419. The molecule has 6 nitrogen and oxygen atoms in total. The van der Waals surface area contributed by atoms with Crippen molar-refractivity contribution < 1.29 is 26.8 Å². The molecule has 0 saturated heterocycles. The first-order chi connectivity index (χ1) is 15.6. The minimum absolute atomic E-state index is 0.0296. The van der Waals surface area contributed by atoms with Crippen LogP contribution in [-0.4, -0.2) is 21.3 Å². The molecule has 1 aliphatic carbocycles. The van der Waals surface area contributed by atoms with E-state index >= 15 is 0 Å². The molecule has 1 saturated carbocycles. The summed E-state index contributed by atoms with van der Waals surface area (Å²) in [4.78, 5) is 18.3. The van der Waals surface area contributed by atoms with Gasteiger partial charge >= 0.3 is 11.9 Å². The highest BCUT2D eigenvalue weighted by molar-refractivity contribution is 7.12. The molecule has 0 spiro atoms. The molecule has 178 valence electrons. The van der Waals surface area contributed by atoms with Gasteiger partial charge in [-0.2, -0.15) is 13.2 Å². The van der Waals surface area contributed by atoms with Crippen LogP contribution in [0.2, 0.25) is 0 Å². The third-order valence-corrected chi connectivity index (χ3v) is 7.52. The fraction of sp³-hybridized carbons (Fsp3) is 0.500. The SMILES string of the molecule is CCC(Oc1ccc(-c2noc(=O)[nH]2)c(F)c1)c1sc(C2(C(F)(F)F)CCCCC2)nc1C. The number of hydrogen-bond donors (Lipinski definition) is 1. The summed E-state index contributed by atoms with van der Waals surface area (Å²) in [6, 6.07) is 4.03. The number of nitrogens with one attached hydrogen (secondary N) is 1. The zero-order chi connectivity index (χ0) is 23.8. The van der Waals surface area contributed by atoms with Crippen LogP contribution < -0.4 is 10.5 Å². The average Bonchev–Trinajstić information content (AvgIpc) is 3.37. The molecular formula is C22H23F4N3O3S. The van der Waals surface area contributed by atoms with Gasteiger partial charge in [0.25, 0.3) is 0 Å². The van der Waals surface area contributed by atoms with Crippen LogP contribution >= 0.6 is 11.3 Å². The Hall–Kier alpha value is -2.69. The van der Waals surface area contributed by atoms with Gasteiger partial charge in [-0.05, 0) is 38.3 Å². The third-order valence-electron chi connectivity index (χ3n) is 6.07. The van der Waals surface area contributed by atoms with Gasteiger partial charge < -0.3 is 4.74 Å². The van der Waals surface area contributed by atoms with E-state index in [2.05, 4.69) is 19.6 Å². The normalized spacial score (nSPS) is 17.2. The summed E-state index contributed by atoms with van der Waals surface area (Å²) in [5.41, 5.74) is -1.39. The molecule has 3 aromatic rings. The monoisotopic (exact) mass is 485 g/mol. The van der Waals surface area contributed by atoms with Crippen molar-refractivity contribution in [3.05, 3.63) is 50.1 Å². The fourth-order valence-corrected chi connectivity index (χ4v) is 5.72. The van der Waals surface area contributed by atoms with Crippen molar-refractivity contribution in [2.24, 2.45) is 0 Å². The maximum absolute atomic E-state index is 14.6. The average molecular weight is 486 g/mol. The molecular weight excluding hydrogens is 462 g/mol. The number of rotatable bonds is 6. The van der Waals surface area contributed by atoms with Crippen molar-refractivity contribution in [2.45, 2.75) is 70.1 Å². The van der Waals surface area contributed by atoms with E-state index in [1.165, 1.54) is 12.1 Å². The van der Waals surface area contributed by atoms with Crippen LogP contribution in [0.15, 0.2) is 27.5 Å². The lowest BCUT2D eigenvalue weighted by Gasteiger charge is -2.37. The van der Waals surface area contributed by atoms with Gasteiger partial charge in [0.05, 0.1) is 16.1 Å². The minimum atomic E-state index is -4.38. The van der Waals surface area contributed by atoms with Crippen LogP contribution in [0.5, 0.6) is 5.75 Å². The number of benzene rings is 1. The Morgan fingerprint density at radius 3 is 2.58 bits per heavy atom. The number of aryl methyl sites for hydroxylation is 1. The van der Waals surface area contributed by atoms with Crippen molar-refractivity contribution in [1.29, 1.82) is 0 Å². The summed E-state index contributed by atoms with van der Waals surface area (Å²) < 4.78 is 67.4. The number of halogens is 4. The predicted octanol–water partition coefficient (Wildman–Crippen LogP) is 6.23. The topological polar surface area (TPSA) is 81.0 Å². The second-order valence-electron chi connectivity index (χ2n) is 8.21. The van der Waals surface area contributed by atoms with Crippen molar-refractivity contribution >= 4 is 11.3 Å². The molecule has 0 radical (unpaired) electrons. The first-order valence-corrected chi connectivity index (χ1v) is 11.5. The van der Waals surface area contributed by atoms with Crippen LogP contribution in [0.1, 0.15) is 67.1 Å². The van der Waals surface area contributed by atoms with Crippen LogP contribution in [0.25, 0.3) is 11.4 Å². The maximum Gasteiger partial charge on any atom is 0.439 e. The number of nitrogens with zero attached hydrogens (tertiary/aromatic N) is 2. The Morgan fingerprint density at radius 2 is 2.00 bits per heavy atom. The fourth-order valence-electron chi connectivity index (χ4n) is 4.28. The molecule has 33 heavy (non-hydrogen) atoms. The van der Waals surface area contributed by atoms with Crippen molar-refractivity contribution in [1.82, 2.24) is 15.1 Å². The predicted molar refractivity (Wildman–Crippen MR) is 114 cm³/mol. The Kier molecular flexibility index (Phi) is 6.35. The van der Waals surface area contributed by atoms with E-state index in [9.17, 15) is 22.4 Å². The van der Waals surface area contributed by atoms with Crippen molar-refractivity contribution in [3.63, 3.8) is 0 Å². The molecule has 2 heterocycles.